The second-order valence-corrected chi connectivity index (χ2v) is 14.7. The number of carbonyl (C=O) groups is 1. The fraction of sp³-hybridized carbons (Fsp3) is 0.308. The molecule has 0 unspecified atom stereocenters. The molecule has 0 fully saturated rings. The highest BCUT2D eigenvalue weighted by molar-refractivity contribution is 6.74. The molecular weight excluding hydrogens is 430 g/mol. The van der Waals surface area contributed by atoms with Crippen molar-refractivity contribution in [2.45, 2.75) is 44.9 Å². The number of aromatic nitrogens is 1. The Morgan fingerprint density at radius 1 is 1.09 bits per heavy atom. The van der Waals surface area contributed by atoms with E-state index in [4.69, 9.17) is 14.6 Å². The van der Waals surface area contributed by atoms with Gasteiger partial charge in [0.05, 0.1) is 6.61 Å². The molecule has 172 valence electrons. The zero-order chi connectivity index (χ0) is 23.8. The lowest BCUT2D eigenvalue weighted by molar-refractivity contribution is -0.118. The monoisotopic (exact) mass is 461 g/mol. The van der Waals surface area contributed by atoms with Gasteiger partial charge in [-0.3, -0.25) is 4.79 Å². The standard InChI is InChI=1S/C26H31N3O3Si/c1-26(2,3)33(4,5)31-16-21(27)24(30)28-20-12-13-23-22(15-20)29-25(32-23)19-11-10-17-8-6-7-9-18(17)14-19/h6-15,21H,16,27H2,1-5H3,(H,28,30)/t21-/m0/s1. The van der Waals surface area contributed by atoms with Gasteiger partial charge in [-0.1, -0.05) is 51.1 Å². The molecule has 3 aromatic carbocycles. The molecule has 0 saturated carbocycles. The first kappa shape index (κ1) is 23.2. The third kappa shape index (κ3) is 5.00. The highest BCUT2D eigenvalue weighted by Crippen LogP contribution is 2.36. The average molecular weight is 462 g/mol. The van der Waals surface area contributed by atoms with Crippen molar-refractivity contribution < 1.29 is 13.6 Å². The molecule has 0 aliphatic carbocycles. The zero-order valence-corrected chi connectivity index (χ0v) is 20.8. The summed E-state index contributed by atoms with van der Waals surface area (Å²) in [6.07, 6.45) is 0. The van der Waals surface area contributed by atoms with Crippen LogP contribution in [0.3, 0.4) is 0 Å². The predicted molar refractivity (Wildman–Crippen MR) is 137 cm³/mol. The minimum absolute atomic E-state index is 0.0595. The number of anilines is 1. The molecule has 0 aliphatic rings. The highest BCUT2D eigenvalue weighted by atomic mass is 28.4. The lowest BCUT2D eigenvalue weighted by Crippen LogP contribution is -2.47. The minimum atomic E-state index is -1.97. The maximum atomic E-state index is 12.6. The Labute approximate surface area is 195 Å². The summed E-state index contributed by atoms with van der Waals surface area (Å²) < 4.78 is 12.0. The van der Waals surface area contributed by atoms with Crippen LogP contribution in [0.25, 0.3) is 33.3 Å². The lowest BCUT2D eigenvalue weighted by Gasteiger charge is -2.36. The number of amides is 1. The van der Waals surface area contributed by atoms with E-state index < -0.39 is 14.4 Å². The average Bonchev–Trinajstić information content (AvgIpc) is 3.20. The predicted octanol–water partition coefficient (Wildman–Crippen LogP) is 5.94. The summed E-state index contributed by atoms with van der Waals surface area (Å²) >= 11 is 0. The second kappa shape index (κ2) is 8.74. The van der Waals surface area contributed by atoms with Gasteiger partial charge in [0.2, 0.25) is 11.8 Å². The van der Waals surface area contributed by atoms with Gasteiger partial charge in [0, 0.05) is 11.3 Å². The van der Waals surface area contributed by atoms with E-state index in [1.807, 2.05) is 18.2 Å². The van der Waals surface area contributed by atoms with Crippen LogP contribution in [0, 0.1) is 0 Å². The molecule has 0 spiro atoms. The minimum Gasteiger partial charge on any atom is -0.436 e. The van der Waals surface area contributed by atoms with Crippen molar-refractivity contribution in [3.8, 4) is 11.5 Å². The first-order chi connectivity index (χ1) is 15.5. The first-order valence-electron chi connectivity index (χ1n) is 11.1. The van der Waals surface area contributed by atoms with E-state index >= 15 is 0 Å². The number of benzene rings is 3. The number of nitrogens with zero attached hydrogens (tertiary/aromatic N) is 1. The summed E-state index contributed by atoms with van der Waals surface area (Å²) in [6, 6.07) is 18.9. The fourth-order valence-electron chi connectivity index (χ4n) is 3.28. The molecule has 0 radical (unpaired) electrons. The van der Waals surface area contributed by atoms with Crippen LogP contribution in [0.2, 0.25) is 18.1 Å². The van der Waals surface area contributed by atoms with Crippen molar-refractivity contribution in [3.63, 3.8) is 0 Å². The number of rotatable bonds is 6. The number of oxazole rings is 1. The third-order valence-corrected chi connectivity index (χ3v) is 10.9. The smallest absolute Gasteiger partial charge is 0.243 e. The maximum Gasteiger partial charge on any atom is 0.243 e. The van der Waals surface area contributed by atoms with Crippen molar-refractivity contribution in [1.29, 1.82) is 0 Å². The third-order valence-electron chi connectivity index (χ3n) is 6.42. The van der Waals surface area contributed by atoms with Gasteiger partial charge >= 0.3 is 0 Å². The molecule has 0 bridgehead atoms. The number of hydrogen-bond donors (Lipinski definition) is 2. The number of fused-ring (bicyclic) bond motifs is 2. The molecule has 4 aromatic rings. The summed E-state index contributed by atoms with van der Waals surface area (Å²) in [5.74, 6) is 0.255. The number of nitrogens with two attached hydrogens (primary N) is 1. The van der Waals surface area contributed by atoms with Gasteiger partial charge in [0.1, 0.15) is 11.6 Å². The van der Waals surface area contributed by atoms with Crippen LogP contribution >= 0.6 is 0 Å². The van der Waals surface area contributed by atoms with Gasteiger partial charge in [0.15, 0.2) is 13.9 Å². The molecule has 33 heavy (non-hydrogen) atoms. The second-order valence-electron chi connectivity index (χ2n) is 9.93. The van der Waals surface area contributed by atoms with E-state index in [2.05, 4.69) is 68.4 Å². The molecule has 3 N–H and O–H groups in total. The maximum absolute atomic E-state index is 12.6. The summed E-state index contributed by atoms with van der Waals surface area (Å²) in [5, 5.41) is 5.22. The molecule has 1 atom stereocenters. The summed E-state index contributed by atoms with van der Waals surface area (Å²) in [6.45, 7) is 10.9. The Balaban J connectivity index is 1.47. The zero-order valence-electron chi connectivity index (χ0n) is 19.8. The van der Waals surface area contributed by atoms with Crippen LogP contribution in [0.5, 0.6) is 0 Å². The van der Waals surface area contributed by atoms with Crippen molar-refractivity contribution in [1.82, 2.24) is 4.98 Å². The quantitative estimate of drug-likeness (QED) is 0.347. The van der Waals surface area contributed by atoms with Crippen molar-refractivity contribution in [2.24, 2.45) is 5.73 Å². The van der Waals surface area contributed by atoms with Gasteiger partial charge in [-0.25, -0.2) is 4.98 Å². The first-order valence-corrected chi connectivity index (χ1v) is 14.0. The Hall–Kier alpha value is -3.00. The van der Waals surface area contributed by atoms with E-state index in [1.165, 1.54) is 0 Å². The van der Waals surface area contributed by atoms with E-state index in [9.17, 15) is 4.79 Å². The van der Waals surface area contributed by atoms with Crippen molar-refractivity contribution in [2.75, 3.05) is 11.9 Å². The Bertz CT molecular complexity index is 1310. The fourth-order valence-corrected chi connectivity index (χ4v) is 4.31. The van der Waals surface area contributed by atoms with Crippen molar-refractivity contribution in [3.05, 3.63) is 60.7 Å². The normalized spacial score (nSPS) is 13.4. The highest BCUT2D eigenvalue weighted by Gasteiger charge is 2.37. The van der Waals surface area contributed by atoms with E-state index in [0.717, 1.165) is 16.3 Å². The Kier molecular flexibility index (Phi) is 6.13. The van der Waals surface area contributed by atoms with Crippen LogP contribution in [0.4, 0.5) is 5.69 Å². The van der Waals surface area contributed by atoms with Gasteiger partial charge in [-0.2, -0.15) is 0 Å². The molecule has 7 heteroatoms. The summed E-state index contributed by atoms with van der Waals surface area (Å²) in [7, 11) is -1.97. The van der Waals surface area contributed by atoms with Gasteiger partial charge in [-0.05, 0) is 59.2 Å². The molecule has 6 nitrogen and oxygen atoms in total. The van der Waals surface area contributed by atoms with E-state index in [1.54, 1.807) is 18.2 Å². The molecule has 0 aliphatic heterocycles. The van der Waals surface area contributed by atoms with Gasteiger partial charge in [-0.15, -0.1) is 0 Å². The van der Waals surface area contributed by atoms with Crippen LogP contribution in [0.15, 0.2) is 65.1 Å². The number of carbonyl (C=O) groups excluding carboxylic acids is 1. The molecule has 1 heterocycles. The van der Waals surface area contributed by atoms with Crippen LogP contribution in [0.1, 0.15) is 20.8 Å². The summed E-state index contributed by atoms with van der Waals surface area (Å²) in [5.41, 5.74) is 8.95. The van der Waals surface area contributed by atoms with Gasteiger partial charge in [0.25, 0.3) is 0 Å². The Morgan fingerprint density at radius 3 is 2.55 bits per heavy atom. The molecule has 0 saturated heterocycles. The largest absolute Gasteiger partial charge is 0.436 e. The van der Waals surface area contributed by atoms with Gasteiger partial charge < -0.3 is 19.9 Å². The summed E-state index contributed by atoms with van der Waals surface area (Å²) in [4.78, 5) is 17.3. The van der Waals surface area contributed by atoms with Crippen LogP contribution in [-0.4, -0.2) is 31.9 Å². The van der Waals surface area contributed by atoms with Crippen molar-refractivity contribution >= 4 is 41.8 Å². The van der Waals surface area contributed by atoms with E-state index in [0.29, 0.717) is 22.7 Å². The Morgan fingerprint density at radius 2 is 1.82 bits per heavy atom. The van der Waals surface area contributed by atoms with Crippen LogP contribution < -0.4 is 11.1 Å². The molecule has 1 amide bonds. The number of nitrogens with one attached hydrogen (secondary N) is 1. The van der Waals surface area contributed by atoms with Crippen LogP contribution in [-0.2, 0) is 9.22 Å². The molecule has 4 rings (SSSR count). The van der Waals surface area contributed by atoms with E-state index in [-0.39, 0.29) is 17.6 Å². The molecular formula is C26H31N3O3Si. The molecule has 1 aromatic heterocycles. The topological polar surface area (TPSA) is 90.4 Å². The lowest BCUT2D eigenvalue weighted by atomic mass is 10.1. The SMILES string of the molecule is CC(C)(C)[Si](C)(C)OC[C@H](N)C(=O)Nc1ccc2oc(-c3ccc4ccccc4c3)nc2c1. The number of hydrogen-bond acceptors (Lipinski definition) is 5.